The van der Waals surface area contributed by atoms with Gasteiger partial charge in [-0.3, -0.25) is 4.98 Å². The topological polar surface area (TPSA) is 39.4 Å². The Morgan fingerprint density at radius 2 is 1.60 bits per heavy atom. The van der Waals surface area contributed by atoms with Crippen molar-refractivity contribution in [1.82, 2.24) is 14.4 Å². The van der Waals surface area contributed by atoms with Crippen LogP contribution in [0.1, 0.15) is 26.3 Å². The van der Waals surface area contributed by atoms with Crippen LogP contribution in [0, 0.1) is 12.1 Å². The Morgan fingerprint density at radius 1 is 0.762 bits per heavy atom. The van der Waals surface area contributed by atoms with Crippen LogP contribution in [0.4, 0.5) is 0 Å². The van der Waals surface area contributed by atoms with E-state index < -0.39 is 0 Å². The van der Waals surface area contributed by atoms with Crippen LogP contribution >= 0.6 is 11.3 Å². The van der Waals surface area contributed by atoms with Crippen molar-refractivity contribution in [3.63, 3.8) is 0 Å². The maximum absolute atomic E-state index is 6.32. The molecule has 4 aromatic carbocycles. The van der Waals surface area contributed by atoms with Gasteiger partial charge in [-0.25, -0.2) is 0 Å². The van der Waals surface area contributed by atoms with Gasteiger partial charge >= 0.3 is 21.1 Å². The van der Waals surface area contributed by atoms with E-state index in [9.17, 15) is 0 Å². The quantitative estimate of drug-likeness (QED) is 0.134. The Morgan fingerprint density at radius 3 is 2.48 bits per heavy atom. The molecule has 4 aromatic heterocycles. The van der Waals surface area contributed by atoms with Crippen LogP contribution in [-0.4, -0.2) is 14.4 Å². The van der Waals surface area contributed by atoms with Gasteiger partial charge in [-0.15, -0.1) is 41.2 Å². The molecular formula is C36H25N3OPtS. The summed E-state index contributed by atoms with van der Waals surface area (Å²) in [4.78, 5) is 9.36. The Labute approximate surface area is 261 Å². The minimum atomic E-state index is 0. The SMILES string of the molecule is CC(C)(C)c1ccnc(-c2[c-]c(Oc3[c-]c4c(cc3)c3ccc5sc6ccccc6c5c3n3ccnc43)ccc2)c1.[Pt+2]. The normalized spacial score (nSPS) is 12.0. The number of rotatable bonds is 3. The summed E-state index contributed by atoms with van der Waals surface area (Å²) < 4.78 is 11.1. The summed E-state index contributed by atoms with van der Waals surface area (Å²) in [5.74, 6) is 1.24. The minimum absolute atomic E-state index is 0. The number of benzene rings is 4. The van der Waals surface area contributed by atoms with E-state index in [0.29, 0.717) is 11.5 Å². The molecule has 0 saturated carbocycles. The molecule has 0 radical (unpaired) electrons. The Kier molecular flexibility index (Phi) is 6.41. The van der Waals surface area contributed by atoms with Crippen LogP contribution in [-0.2, 0) is 26.5 Å². The zero-order valence-corrected chi connectivity index (χ0v) is 26.3. The largest absolute Gasteiger partial charge is 2.00 e. The predicted molar refractivity (Wildman–Crippen MR) is 169 cm³/mol. The second-order valence-corrected chi connectivity index (χ2v) is 12.5. The van der Waals surface area contributed by atoms with Gasteiger partial charge in [0.05, 0.1) is 5.65 Å². The summed E-state index contributed by atoms with van der Waals surface area (Å²) >= 11 is 1.83. The third-order valence-electron chi connectivity index (χ3n) is 7.72. The first-order chi connectivity index (χ1) is 19.9. The van der Waals surface area contributed by atoms with Crippen molar-refractivity contribution in [3.05, 3.63) is 115 Å². The fourth-order valence-electron chi connectivity index (χ4n) is 5.69. The number of nitrogens with zero attached hydrogens (tertiary/aromatic N) is 3. The number of hydrogen-bond donors (Lipinski definition) is 0. The number of aromatic nitrogens is 3. The number of hydrogen-bond acceptors (Lipinski definition) is 4. The molecule has 0 saturated heterocycles. The van der Waals surface area contributed by atoms with Gasteiger partial charge in [0.15, 0.2) is 0 Å². The van der Waals surface area contributed by atoms with Gasteiger partial charge in [0.25, 0.3) is 0 Å². The molecule has 0 N–H and O–H groups in total. The molecule has 0 amide bonds. The minimum Gasteiger partial charge on any atom is -0.497 e. The average molecular weight is 743 g/mol. The molecule has 0 bridgehead atoms. The molecule has 0 spiro atoms. The van der Waals surface area contributed by atoms with E-state index in [1.54, 1.807) is 0 Å². The van der Waals surface area contributed by atoms with Crippen LogP contribution in [0.2, 0.25) is 0 Å². The molecule has 206 valence electrons. The molecule has 6 heteroatoms. The van der Waals surface area contributed by atoms with E-state index in [4.69, 9.17) is 9.72 Å². The number of pyridine rings is 2. The zero-order valence-electron chi connectivity index (χ0n) is 23.2. The van der Waals surface area contributed by atoms with E-state index >= 15 is 0 Å². The molecule has 0 aliphatic carbocycles. The number of fused-ring (bicyclic) bond motifs is 10. The second kappa shape index (κ2) is 10.0. The van der Waals surface area contributed by atoms with E-state index in [1.165, 1.54) is 36.6 Å². The zero-order chi connectivity index (χ0) is 27.7. The molecule has 0 aliphatic heterocycles. The van der Waals surface area contributed by atoms with E-state index in [-0.39, 0.29) is 26.5 Å². The van der Waals surface area contributed by atoms with Gasteiger partial charge in [-0.2, -0.15) is 0 Å². The molecule has 4 nitrogen and oxygen atoms in total. The maximum atomic E-state index is 6.32. The monoisotopic (exact) mass is 742 g/mol. The smallest absolute Gasteiger partial charge is 0.497 e. The van der Waals surface area contributed by atoms with E-state index in [1.807, 2.05) is 54.2 Å². The predicted octanol–water partition coefficient (Wildman–Crippen LogP) is 9.76. The standard InChI is InChI=1S/C36H25N3OS.Pt/c1-36(2,3)23-15-16-37-30(20-23)22-7-6-8-24(19-22)40-25-11-12-26-27-13-14-32-33(28-9-4-5-10-31(28)41-32)34(27)39-18-17-38-35(39)29(26)21-25;/h4-18,20H,1-3H3;/q-2;+2. The summed E-state index contributed by atoms with van der Waals surface area (Å²) in [5.41, 5.74) is 5.07. The van der Waals surface area contributed by atoms with Crippen molar-refractivity contribution in [1.29, 1.82) is 0 Å². The van der Waals surface area contributed by atoms with Crippen LogP contribution in [0.25, 0.3) is 58.8 Å². The van der Waals surface area contributed by atoms with Crippen molar-refractivity contribution in [3.8, 4) is 22.8 Å². The molecule has 0 fully saturated rings. The Balaban J connectivity index is 0.00000288. The van der Waals surface area contributed by atoms with Gasteiger partial charge in [0, 0.05) is 55.8 Å². The van der Waals surface area contributed by atoms with Crippen LogP contribution < -0.4 is 4.74 Å². The first-order valence-corrected chi connectivity index (χ1v) is 14.5. The van der Waals surface area contributed by atoms with Crippen molar-refractivity contribution in [2.24, 2.45) is 0 Å². The van der Waals surface area contributed by atoms with Crippen LogP contribution in [0.15, 0.2) is 97.5 Å². The first-order valence-electron chi connectivity index (χ1n) is 13.7. The van der Waals surface area contributed by atoms with Crippen molar-refractivity contribution in [2.45, 2.75) is 26.2 Å². The van der Waals surface area contributed by atoms with Crippen LogP contribution in [0.3, 0.4) is 0 Å². The molecule has 8 aromatic rings. The maximum Gasteiger partial charge on any atom is 2.00 e. The number of ether oxygens (including phenoxy) is 1. The van der Waals surface area contributed by atoms with Crippen molar-refractivity contribution >= 4 is 58.8 Å². The van der Waals surface area contributed by atoms with Gasteiger partial charge < -0.3 is 14.1 Å². The molecular weight excluding hydrogens is 718 g/mol. The number of imidazole rings is 1. The average Bonchev–Trinajstić information content (AvgIpc) is 3.62. The summed E-state index contributed by atoms with van der Waals surface area (Å²) in [7, 11) is 0. The fraction of sp³-hybridized carbons (Fsp3) is 0.111. The molecule has 0 unspecified atom stereocenters. The molecule has 4 heterocycles. The van der Waals surface area contributed by atoms with E-state index in [0.717, 1.165) is 27.7 Å². The Bertz CT molecular complexity index is 2290. The molecule has 8 rings (SSSR count). The molecule has 0 aliphatic rings. The van der Waals surface area contributed by atoms with Crippen molar-refractivity contribution in [2.75, 3.05) is 0 Å². The second-order valence-electron chi connectivity index (χ2n) is 11.4. The van der Waals surface area contributed by atoms with Gasteiger partial charge in [-0.1, -0.05) is 80.1 Å². The first kappa shape index (κ1) is 26.8. The number of thiophene rings is 1. The van der Waals surface area contributed by atoms with Gasteiger partial charge in [0.2, 0.25) is 0 Å². The summed E-state index contributed by atoms with van der Waals surface area (Å²) in [6.45, 7) is 6.61. The van der Waals surface area contributed by atoms with Crippen LogP contribution in [0.5, 0.6) is 11.5 Å². The summed E-state index contributed by atoms with van der Waals surface area (Å²) in [5, 5.41) is 5.74. The fourth-order valence-corrected chi connectivity index (χ4v) is 6.80. The summed E-state index contributed by atoms with van der Waals surface area (Å²) in [6.07, 6.45) is 5.76. The van der Waals surface area contributed by atoms with E-state index in [2.05, 4.69) is 96.9 Å². The molecule has 42 heavy (non-hydrogen) atoms. The Hall–Kier alpha value is -4.05. The third kappa shape index (κ3) is 4.31. The van der Waals surface area contributed by atoms with Crippen molar-refractivity contribution < 1.29 is 25.8 Å². The third-order valence-corrected chi connectivity index (χ3v) is 8.86. The molecule has 0 atom stereocenters. The van der Waals surface area contributed by atoms with Gasteiger partial charge in [0.1, 0.15) is 0 Å². The summed E-state index contributed by atoms with van der Waals surface area (Å²) in [6, 6.07) is 34.2. The van der Waals surface area contributed by atoms with Gasteiger partial charge in [-0.05, 0) is 40.3 Å².